The molecule has 1 fully saturated rings. The van der Waals surface area contributed by atoms with Crippen LogP contribution in [0.3, 0.4) is 0 Å². The van der Waals surface area contributed by atoms with Gasteiger partial charge in [-0.2, -0.15) is 5.10 Å². The summed E-state index contributed by atoms with van der Waals surface area (Å²) in [5.74, 6) is 0.745. The monoisotopic (exact) mass is 258 g/mol. The largest absolute Gasteiger partial charge is 0.397 e. The fourth-order valence-electron chi connectivity index (χ4n) is 2.87. The van der Waals surface area contributed by atoms with Gasteiger partial charge < -0.3 is 10.6 Å². The van der Waals surface area contributed by atoms with E-state index in [1.54, 1.807) is 0 Å². The molecule has 0 spiro atoms. The molecule has 4 nitrogen and oxygen atoms in total. The van der Waals surface area contributed by atoms with Crippen LogP contribution in [0.15, 0.2) is 18.3 Å². The highest BCUT2D eigenvalue weighted by Gasteiger charge is 2.23. The highest BCUT2D eigenvalue weighted by Crippen LogP contribution is 2.35. The molecule has 0 saturated carbocycles. The number of rotatable bonds is 2. The molecular formula is C15H22N4. The van der Waals surface area contributed by atoms with Crippen LogP contribution in [0.5, 0.6) is 0 Å². The van der Waals surface area contributed by atoms with Gasteiger partial charge in [-0.15, -0.1) is 0 Å². The molecule has 2 heterocycles. The van der Waals surface area contributed by atoms with Gasteiger partial charge in [0.25, 0.3) is 0 Å². The maximum atomic E-state index is 6.22. The molecule has 2 N–H and O–H groups in total. The number of benzene rings is 1. The number of aromatic nitrogens is 2. The summed E-state index contributed by atoms with van der Waals surface area (Å²) < 4.78 is 2.02. The van der Waals surface area contributed by atoms with Crippen LogP contribution >= 0.6 is 0 Å². The Morgan fingerprint density at radius 1 is 1.37 bits per heavy atom. The summed E-state index contributed by atoms with van der Waals surface area (Å²) in [6.45, 7) is 8.78. The van der Waals surface area contributed by atoms with Crippen molar-refractivity contribution in [1.29, 1.82) is 0 Å². The van der Waals surface area contributed by atoms with E-state index in [2.05, 4.69) is 37.0 Å². The molecule has 0 unspecified atom stereocenters. The minimum atomic E-state index is 0.374. The molecule has 1 aromatic heterocycles. The quantitative estimate of drug-likeness (QED) is 0.842. The van der Waals surface area contributed by atoms with Gasteiger partial charge in [0.15, 0.2) is 0 Å². The number of nitrogens with zero attached hydrogens (tertiary/aromatic N) is 3. The van der Waals surface area contributed by atoms with Crippen molar-refractivity contribution in [3.05, 3.63) is 18.3 Å². The standard InChI is InChI=1S/C15H22N4/c1-10(2)19-9-12-14(17-19)5-4-13(16)15(12)18-7-6-11(3)8-18/h4-5,9-11H,6-8,16H2,1-3H3/t11-/m0/s1. The minimum Gasteiger partial charge on any atom is -0.397 e. The van der Waals surface area contributed by atoms with E-state index in [4.69, 9.17) is 5.73 Å². The van der Waals surface area contributed by atoms with Crippen LogP contribution in [-0.4, -0.2) is 22.9 Å². The van der Waals surface area contributed by atoms with Gasteiger partial charge in [-0.25, -0.2) is 0 Å². The molecule has 0 aliphatic carbocycles. The lowest BCUT2D eigenvalue weighted by molar-refractivity contribution is 0.537. The lowest BCUT2D eigenvalue weighted by Crippen LogP contribution is -2.20. The van der Waals surface area contributed by atoms with Gasteiger partial charge in [0.2, 0.25) is 0 Å². The smallest absolute Gasteiger partial charge is 0.0945 e. The third-order valence-electron chi connectivity index (χ3n) is 3.98. The molecule has 0 amide bonds. The molecule has 0 radical (unpaired) electrons. The topological polar surface area (TPSA) is 47.1 Å². The van der Waals surface area contributed by atoms with Crippen molar-refractivity contribution in [1.82, 2.24) is 9.78 Å². The van der Waals surface area contributed by atoms with Crippen molar-refractivity contribution >= 4 is 22.3 Å². The first-order valence-electron chi connectivity index (χ1n) is 7.08. The van der Waals surface area contributed by atoms with Crippen molar-refractivity contribution in [3.63, 3.8) is 0 Å². The molecule has 2 aromatic rings. The van der Waals surface area contributed by atoms with Crippen molar-refractivity contribution in [3.8, 4) is 0 Å². The summed E-state index contributed by atoms with van der Waals surface area (Å²) in [4.78, 5) is 2.41. The Kier molecular flexibility index (Phi) is 2.88. The van der Waals surface area contributed by atoms with E-state index in [1.165, 1.54) is 17.5 Å². The van der Waals surface area contributed by atoms with Crippen LogP contribution < -0.4 is 10.6 Å². The summed E-state index contributed by atoms with van der Waals surface area (Å²) in [5.41, 5.74) is 9.30. The van der Waals surface area contributed by atoms with Gasteiger partial charge in [0, 0.05) is 30.7 Å². The van der Waals surface area contributed by atoms with Crippen LogP contribution in [0.4, 0.5) is 11.4 Å². The second kappa shape index (κ2) is 4.44. The van der Waals surface area contributed by atoms with E-state index in [0.717, 1.165) is 30.2 Å². The van der Waals surface area contributed by atoms with Crippen molar-refractivity contribution < 1.29 is 0 Å². The summed E-state index contributed by atoms with van der Waals surface area (Å²) in [6, 6.07) is 4.38. The van der Waals surface area contributed by atoms with Gasteiger partial charge >= 0.3 is 0 Å². The van der Waals surface area contributed by atoms with E-state index in [9.17, 15) is 0 Å². The Labute approximate surface area is 114 Å². The van der Waals surface area contributed by atoms with Crippen LogP contribution in [0.2, 0.25) is 0 Å². The van der Waals surface area contributed by atoms with Gasteiger partial charge in [-0.05, 0) is 38.3 Å². The fraction of sp³-hybridized carbons (Fsp3) is 0.533. The van der Waals surface area contributed by atoms with Gasteiger partial charge in [-0.3, -0.25) is 4.68 Å². The Bertz CT molecular complexity index is 599. The Hall–Kier alpha value is -1.71. The Morgan fingerprint density at radius 3 is 2.79 bits per heavy atom. The summed E-state index contributed by atoms with van der Waals surface area (Å²) >= 11 is 0. The molecule has 1 aromatic carbocycles. The van der Waals surface area contributed by atoms with Crippen molar-refractivity contribution in [2.24, 2.45) is 5.92 Å². The van der Waals surface area contributed by atoms with Crippen LogP contribution in [0.25, 0.3) is 10.9 Å². The molecule has 0 bridgehead atoms. The number of hydrogen-bond donors (Lipinski definition) is 1. The minimum absolute atomic E-state index is 0.374. The second-order valence-corrected chi connectivity index (χ2v) is 5.98. The zero-order valence-electron chi connectivity index (χ0n) is 11.9. The fourth-order valence-corrected chi connectivity index (χ4v) is 2.87. The Morgan fingerprint density at radius 2 is 2.16 bits per heavy atom. The average Bonchev–Trinajstić information content (AvgIpc) is 2.95. The van der Waals surface area contributed by atoms with Gasteiger partial charge in [-0.1, -0.05) is 6.92 Å². The molecule has 19 heavy (non-hydrogen) atoms. The van der Waals surface area contributed by atoms with Crippen molar-refractivity contribution in [2.45, 2.75) is 33.2 Å². The first-order chi connectivity index (χ1) is 9.06. The molecule has 1 aliphatic heterocycles. The highest BCUT2D eigenvalue weighted by atomic mass is 15.3. The van der Waals surface area contributed by atoms with Gasteiger partial charge in [0.1, 0.15) is 0 Å². The third kappa shape index (κ3) is 2.05. The molecule has 102 valence electrons. The lowest BCUT2D eigenvalue weighted by atomic mass is 10.1. The van der Waals surface area contributed by atoms with E-state index in [1.807, 2.05) is 16.8 Å². The molecular weight excluding hydrogens is 236 g/mol. The number of fused-ring (bicyclic) bond motifs is 1. The first kappa shape index (κ1) is 12.3. The highest BCUT2D eigenvalue weighted by molar-refractivity contribution is 5.98. The number of hydrogen-bond acceptors (Lipinski definition) is 3. The van der Waals surface area contributed by atoms with E-state index < -0.39 is 0 Å². The molecule has 1 atom stereocenters. The number of nitrogens with two attached hydrogens (primary N) is 1. The predicted molar refractivity (Wildman–Crippen MR) is 80.5 cm³/mol. The van der Waals surface area contributed by atoms with E-state index >= 15 is 0 Å². The summed E-state index contributed by atoms with van der Waals surface area (Å²) in [7, 11) is 0. The summed E-state index contributed by atoms with van der Waals surface area (Å²) in [6.07, 6.45) is 3.38. The number of anilines is 2. The molecule has 4 heteroatoms. The average molecular weight is 258 g/mol. The van der Waals surface area contributed by atoms with Crippen LogP contribution in [0, 0.1) is 5.92 Å². The zero-order chi connectivity index (χ0) is 13.6. The maximum Gasteiger partial charge on any atom is 0.0945 e. The first-order valence-corrected chi connectivity index (χ1v) is 7.08. The zero-order valence-corrected chi connectivity index (χ0v) is 11.9. The lowest BCUT2D eigenvalue weighted by Gasteiger charge is -2.21. The van der Waals surface area contributed by atoms with Crippen LogP contribution in [0.1, 0.15) is 33.2 Å². The number of nitrogen functional groups attached to an aromatic ring is 1. The van der Waals surface area contributed by atoms with Crippen LogP contribution in [-0.2, 0) is 0 Å². The van der Waals surface area contributed by atoms with E-state index in [0.29, 0.717) is 6.04 Å². The van der Waals surface area contributed by atoms with Crippen molar-refractivity contribution in [2.75, 3.05) is 23.7 Å². The SMILES string of the molecule is CC(C)n1cc2c(N3CC[C@H](C)C3)c(N)ccc2n1. The van der Waals surface area contributed by atoms with Gasteiger partial charge in [0.05, 0.1) is 16.9 Å². The predicted octanol–water partition coefficient (Wildman–Crippen LogP) is 3.05. The molecule has 3 rings (SSSR count). The molecule has 1 saturated heterocycles. The van der Waals surface area contributed by atoms with E-state index in [-0.39, 0.29) is 0 Å². The normalized spacial score (nSPS) is 19.8. The Balaban J connectivity index is 2.13. The maximum absolute atomic E-state index is 6.22. The second-order valence-electron chi connectivity index (χ2n) is 5.98. The third-order valence-corrected chi connectivity index (χ3v) is 3.98. The summed E-state index contributed by atoms with van der Waals surface area (Å²) in [5, 5.41) is 5.82. The molecule has 1 aliphatic rings.